The van der Waals surface area contributed by atoms with Gasteiger partial charge in [0.1, 0.15) is 11.6 Å². The molecule has 10 nitrogen and oxygen atoms in total. The number of nitrogens with zero attached hydrogens (tertiary/aromatic N) is 4. The number of hydrogen-bond donors (Lipinski definition) is 1. The van der Waals surface area contributed by atoms with Crippen LogP contribution in [0.25, 0.3) is 0 Å². The number of likely N-dealkylation sites (tertiary alicyclic amines) is 1. The molecule has 34 heavy (non-hydrogen) atoms. The summed E-state index contributed by atoms with van der Waals surface area (Å²) in [7, 11) is 1.41. The highest BCUT2D eigenvalue weighted by Crippen LogP contribution is 2.36. The highest BCUT2D eigenvalue weighted by molar-refractivity contribution is 6.61. The number of aromatic nitrogens is 2. The second kappa shape index (κ2) is 9.33. The summed E-state index contributed by atoms with van der Waals surface area (Å²) in [6, 6.07) is -0.602. The van der Waals surface area contributed by atoms with Crippen LogP contribution in [0.3, 0.4) is 0 Å². The lowest BCUT2D eigenvalue weighted by Crippen LogP contribution is -2.48. The van der Waals surface area contributed by atoms with Gasteiger partial charge in [0, 0.05) is 38.0 Å². The fourth-order valence-corrected chi connectivity index (χ4v) is 3.86. The highest BCUT2D eigenvalue weighted by atomic mass is 16.7. The number of ether oxygens (including phenoxy) is 1. The molecule has 1 N–H and O–H groups in total. The SMILES string of the molecule is CC(NC(=O)OC(C)(C)C)C(=O)N1CC[C@@H](N(C)c2ncc(B3OC(C)(C)C(C)(C)O3)cn2)C1. The Morgan fingerprint density at radius 3 is 2.29 bits per heavy atom. The van der Waals surface area contributed by atoms with Crippen molar-refractivity contribution in [1.29, 1.82) is 0 Å². The molecule has 2 aliphatic heterocycles. The number of likely N-dealkylation sites (N-methyl/N-ethyl adjacent to an activating group) is 1. The highest BCUT2D eigenvalue weighted by Gasteiger charge is 2.52. The van der Waals surface area contributed by atoms with E-state index >= 15 is 0 Å². The second-order valence-electron chi connectivity index (χ2n) is 11.1. The van der Waals surface area contributed by atoms with Gasteiger partial charge in [-0.2, -0.15) is 0 Å². The summed E-state index contributed by atoms with van der Waals surface area (Å²) in [6.45, 7) is 16.2. The Kier molecular flexibility index (Phi) is 7.20. The van der Waals surface area contributed by atoms with E-state index in [1.807, 2.05) is 39.6 Å². The first kappa shape index (κ1) is 26.2. The predicted molar refractivity (Wildman–Crippen MR) is 130 cm³/mol. The fourth-order valence-electron chi connectivity index (χ4n) is 3.86. The maximum atomic E-state index is 12.8. The molecular weight excluding hydrogens is 437 g/mol. The molecule has 1 aromatic rings. The quantitative estimate of drug-likeness (QED) is 0.642. The molecule has 2 fully saturated rings. The lowest BCUT2D eigenvalue weighted by atomic mass is 9.81. The zero-order chi connectivity index (χ0) is 25.5. The number of hydrogen-bond acceptors (Lipinski definition) is 8. The smallest absolute Gasteiger partial charge is 0.444 e. The minimum absolute atomic E-state index is 0.0698. The van der Waals surface area contributed by atoms with E-state index in [2.05, 4.69) is 15.3 Å². The number of rotatable bonds is 5. The van der Waals surface area contributed by atoms with Gasteiger partial charge >= 0.3 is 13.2 Å². The van der Waals surface area contributed by atoms with Gasteiger partial charge in [-0.25, -0.2) is 14.8 Å². The number of amides is 2. The number of carbonyl (C=O) groups excluding carboxylic acids is 2. The number of alkyl carbamates (subject to hydrolysis) is 1. The van der Waals surface area contributed by atoms with E-state index in [-0.39, 0.29) is 11.9 Å². The lowest BCUT2D eigenvalue weighted by Gasteiger charge is -2.32. The van der Waals surface area contributed by atoms with Gasteiger partial charge in [0.15, 0.2) is 0 Å². The van der Waals surface area contributed by atoms with Crippen molar-refractivity contribution in [2.24, 2.45) is 0 Å². The predicted octanol–water partition coefficient (Wildman–Crippen LogP) is 1.73. The van der Waals surface area contributed by atoms with E-state index in [0.29, 0.717) is 19.0 Å². The molecule has 0 aliphatic carbocycles. The molecule has 2 aliphatic rings. The van der Waals surface area contributed by atoms with Crippen molar-refractivity contribution in [1.82, 2.24) is 20.2 Å². The van der Waals surface area contributed by atoms with E-state index in [0.717, 1.165) is 11.9 Å². The summed E-state index contributed by atoms with van der Waals surface area (Å²) in [4.78, 5) is 37.6. The van der Waals surface area contributed by atoms with Gasteiger partial charge < -0.3 is 29.2 Å². The Morgan fingerprint density at radius 2 is 1.76 bits per heavy atom. The molecule has 0 radical (unpaired) electrons. The van der Waals surface area contributed by atoms with Crippen molar-refractivity contribution in [2.75, 3.05) is 25.0 Å². The van der Waals surface area contributed by atoms with Gasteiger partial charge in [-0.05, 0) is 61.8 Å². The standard InChI is InChI=1S/C23H38BN5O5/c1-15(27-20(31)32-21(2,3)4)18(30)29-11-10-17(14-29)28(9)19-25-12-16(13-26-19)24-33-22(5,6)23(7,8)34-24/h12-13,15,17H,10-11,14H2,1-9H3,(H,27,31)/t15?,17-/m1/s1. The molecular formula is C23H38BN5O5. The van der Waals surface area contributed by atoms with Crippen molar-refractivity contribution in [2.45, 2.75) is 90.7 Å². The van der Waals surface area contributed by atoms with E-state index in [4.69, 9.17) is 14.0 Å². The van der Waals surface area contributed by atoms with Crippen LogP contribution < -0.4 is 15.7 Å². The van der Waals surface area contributed by atoms with Crippen molar-refractivity contribution in [3.8, 4) is 0 Å². The molecule has 188 valence electrons. The molecule has 2 saturated heterocycles. The molecule has 2 atom stereocenters. The van der Waals surface area contributed by atoms with Crippen LogP contribution in [-0.2, 0) is 18.8 Å². The van der Waals surface area contributed by atoms with Crippen molar-refractivity contribution in [3.05, 3.63) is 12.4 Å². The molecule has 3 heterocycles. The van der Waals surface area contributed by atoms with Crippen LogP contribution in [0.2, 0.25) is 0 Å². The lowest BCUT2D eigenvalue weighted by molar-refractivity contribution is -0.132. The summed E-state index contributed by atoms with van der Waals surface area (Å²) in [6.07, 6.45) is 3.64. The first-order chi connectivity index (χ1) is 15.6. The van der Waals surface area contributed by atoms with Crippen LogP contribution >= 0.6 is 0 Å². The van der Waals surface area contributed by atoms with Gasteiger partial charge in [0.25, 0.3) is 0 Å². The Hall–Kier alpha value is -2.40. The normalized spacial score (nSPS) is 22.4. The average Bonchev–Trinajstić information content (AvgIpc) is 3.28. The Bertz CT molecular complexity index is 886. The van der Waals surface area contributed by atoms with Crippen LogP contribution in [-0.4, -0.2) is 83.0 Å². The molecule has 1 aromatic heterocycles. The molecule has 11 heteroatoms. The summed E-state index contributed by atoms with van der Waals surface area (Å²) in [5, 5.41) is 2.62. The van der Waals surface area contributed by atoms with Crippen LogP contribution in [0, 0.1) is 0 Å². The number of nitrogens with one attached hydrogen (secondary N) is 1. The summed E-state index contributed by atoms with van der Waals surface area (Å²) in [5.41, 5.74) is -0.710. The zero-order valence-electron chi connectivity index (χ0n) is 21.8. The van der Waals surface area contributed by atoms with E-state index in [1.54, 1.807) is 45.0 Å². The van der Waals surface area contributed by atoms with E-state index in [9.17, 15) is 9.59 Å². The fraction of sp³-hybridized carbons (Fsp3) is 0.739. The number of carbonyl (C=O) groups is 2. The molecule has 0 saturated carbocycles. The van der Waals surface area contributed by atoms with Gasteiger partial charge in [-0.1, -0.05) is 0 Å². The van der Waals surface area contributed by atoms with Gasteiger partial charge in [-0.3, -0.25) is 4.79 Å². The molecule has 0 spiro atoms. The van der Waals surface area contributed by atoms with Crippen LogP contribution in [0.15, 0.2) is 12.4 Å². The van der Waals surface area contributed by atoms with Crippen LogP contribution in [0.1, 0.15) is 61.8 Å². The van der Waals surface area contributed by atoms with Gasteiger partial charge in [0.2, 0.25) is 11.9 Å². The van der Waals surface area contributed by atoms with Crippen molar-refractivity contribution in [3.63, 3.8) is 0 Å². The molecule has 1 unspecified atom stereocenters. The molecule has 0 aromatic carbocycles. The van der Waals surface area contributed by atoms with Crippen molar-refractivity contribution >= 4 is 30.5 Å². The third kappa shape index (κ3) is 5.80. The molecule has 3 rings (SSSR count). The largest absolute Gasteiger partial charge is 0.498 e. The van der Waals surface area contributed by atoms with Gasteiger partial charge in [0.05, 0.1) is 17.2 Å². The van der Waals surface area contributed by atoms with Crippen molar-refractivity contribution < 1.29 is 23.6 Å². The Morgan fingerprint density at radius 1 is 1.21 bits per heavy atom. The maximum Gasteiger partial charge on any atom is 0.498 e. The Balaban J connectivity index is 1.56. The summed E-state index contributed by atoms with van der Waals surface area (Å²) >= 11 is 0. The van der Waals surface area contributed by atoms with E-state index < -0.39 is 36.1 Å². The topological polar surface area (TPSA) is 106 Å². The monoisotopic (exact) mass is 475 g/mol. The number of anilines is 1. The minimum atomic E-state index is -0.672. The average molecular weight is 475 g/mol. The summed E-state index contributed by atoms with van der Waals surface area (Å²) in [5.74, 6) is 0.429. The summed E-state index contributed by atoms with van der Waals surface area (Å²) < 4.78 is 17.4. The van der Waals surface area contributed by atoms with E-state index in [1.165, 1.54) is 0 Å². The van der Waals surface area contributed by atoms with Crippen LogP contribution in [0.4, 0.5) is 10.7 Å². The first-order valence-corrected chi connectivity index (χ1v) is 11.8. The minimum Gasteiger partial charge on any atom is -0.444 e. The third-order valence-corrected chi connectivity index (χ3v) is 6.63. The third-order valence-electron chi connectivity index (χ3n) is 6.63. The zero-order valence-corrected chi connectivity index (χ0v) is 21.8. The molecule has 2 amide bonds. The Labute approximate surface area is 202 Å². The first-order valence-electron chi connectivity index (χ1n) is 11.8. The van der Waals surface area contributed by atoms with Gasteiger partial charge in [-0.15, -0.1) is 0 Å². The molecule has 0 bridgehead atoms. The maximum absolute atomic E-state index is 12.8. The second-order valence-corrected chi connectivity index (χ2v) is 11.1. The van der Waals surface area contributed by atoms with Crippen LogP contribution in [0.5, 0.6) is 0 Å².